The third-order valence-electron chi connectivity index (χ3n) is 6.34. The summed E-state index contributed by atoms with van der Waals surface area (Å²) in [5.41, 5.74) is 3.32. The normalized spacial score (nSPS) is 14.2. The summed E-state index contributed by atoms with van der Waals surface area (Å²) in [4.78, 5) is 21.9. The number of pyridine rings is 2. The van der Waals surface area contributed by atoms with Crippen LogP contribution in [0.2, 0.25) is 0 Å². The van der Waals surface area contributed by atoms with Crippen molar-refractivity contribution >= 4 is 22.8 Å². The van der Waals surface area contributed by atoms with Gasteiger partial charge in [0.15, 0.2) is 0 Å². The van der Waals surface area contributed by atoms with Gasteiger partial charge in [0.25, 0.3) is 5.91 Å². The molecule has 5 rings (SSSR count). The van der Waals surface area contributed by atoms with E-state index in [2.05, 4.69) is 31.8 Å². The number of hydrogen-bond acceptors (Lipinski definition) is 7. The van der Waals surface area contributed by atoms with Gasteiger partial charge < -0.3 is 15.7 Å². The summed E-state index contributed by atoms with van der Waals surface area (Å²) in [6.45, 7) is 2.35. The van der Waals surface area contributed by atoms with Gasteiger partial charge in [-0.1, -0.05) is 0 Å². The van der Waals surface area contributed by atoms with Crippen LogP contribution in [0.15, 0.2) is 55.1 Å². The van der Waals surface area contributed by atoms with Crippen LogP contribution in [-0.2, 0) is 0 Å². The molecule has 0 aromatic carbocycles. The molecule has 10 heteroatoms. The number of aromatic nitrogens is 4. The minimum Gasteiger partial charge on any atom is -0.387 e. The van der Waals surface area contributed by atoms with E-state index in [0.29, 0.717) is 34.2 Å². The number of nitrogens with zero attached hydrogens (tertiary/aromatic N) is 5. The zero-order valence-corrected chi connectivity index (χ0v) is 20.4. The molecule has 4 aromatic heterocycles. The number of rotatable bonds is 8. The largest absolute Gasteiger partial charge is 0.387 e. The Bertz CT molecular complexity index is 1520. The van der Waals surface area contributed by atoms with Crippen molar-refractivity contribution in [1.29, 1.82) is 5.26 Å². The van der Waals surface area contributed by atoms with Crippen molar-refractivity contribution in [2.45, 2.75) is 44.4 Å². The molecular formula is C27H26FN7O2. The topological polar surface area (TPSA) is 128 Å². The molecule has 4 heterocycles. The summed E-state index contributed by atoms with van der Waals surface area (Å²) in [5, 5.41) is 29.2. The Morgan fingerprint density at radius 3 is 2.78 bits per heavy atom. The van der Waals surface area contributed by atoms with E-state index in [4.69, 9.17) is 5.26 Å². The molecule has 0 aliphatic heterocycles. The summed E-state index contributed by atoms with van der Waals surface area (Å²) in [6, 6.07) is 11.2. The second-order valence-corrected chi connectivity index (χ2v) is 9.76. The molecule has 0 radical (unpaired) electrons. The molecule has 1 aliphatic carbocycles. The smallest absolute Gasteiger partial charge is 0.255 e. The van der Waals surface area contributed by atoms with Crippen LogP contribution in [0, 0.1) is 11.3 Å². The van der Waals surface area contributed by atoms with Crippen molar-refractivity contribution in [2.75, 3.05) is 11.9 Å². The summed E-state index contributed by atoms with van der Waals surface area (Å²) < 4.78 is 15.9. The maximum absolute atomic E-state index is 14.3. The van der Waals surface area contributed by atoms with Crippen LogP contribution in [0.5, 0.6) is 0 Å². The fraction of sp³-hybridized carbons (Fsp3) is 0.296. The molecule has 1 atom stereocenters. The summed E-state index contributed by atoms with van der Waals surface area (Å²) in [6.07, 6.45) is 7.04. The maximum Gasteiger partial charge on any atom is 0.255 e. The lowest BCUT2D eigenvalue weighted by molar-refractivity contribution is -0.00177. The quantitative estimate of drug-likeness (QED) is 0.333. The predicted molar refractivity (Wildman–Crippen MR) is 136 cm³/mol. The third-order valence-corrected chi connectivity index (χ3v) is 6.34. The number of carbonyl (C=O) groups is 1. The standard InChI is InChI=1S/C27H26FN7O2/c1-27(2,37)25(28)15-32-26(36)21-14-31-23(24-6-5-20-7-16(10-29)11-33-35(20)24)9-22(21)34-19-8-18(12-30-13-19)17-3-4-17/h5-9,11-14,17,25,37H,3-4,15H2,1-2H3,(H,31,34)(H,32,36)/t25-/m1/s1. The van der Waals surface area contributed by atoms with Crippen molar-refractivity contribution in [3.8, 4) is 17.5 Å². The highest BCUT2D eigenvalue weighted by molar-refractivity contribution is 6.00. The summed E-state index contributed by atoms with van der Waals surface area (Å²) >= 11 is 0. The van der Waals surface area contributed by atoms with Gasteiger partial charge in [0.2, 0.25) is 0 Å². The van der Waals surface area contributed by atoms with Crippen LogP contribution in [0.3, 0.4) is 0 Å². The first kappa shape index (κ1) is 24.3. The molecule has 9 nitrogen and oxygen atoms in total. The first-order valence-electron chi connectivity index (χ1n) is 12.0. The van der Waals surface area contributed by atoms with Gasteiger partial charge in [0.1, 0.15) is 12.2 Å². The van der Waals surface area contributed by atoms with Gasteiger partial charge in [0.05, 0.1) is 63.9 Å². The Hall–Kier alpha value is -4.36. The number of alkyl halides is 1. The van der Waals surface area contributed by atoms with Crippen molar-refractivity contribution in [1.82, 2.24) is 24.9 Å². The van der Waals surface area contributed by atoms with Crippen LogP contribution < -0.4 is 10.6 Å². The average molecular weight is 500 g/mol. The molecule has 0 bridgehead atoms. The van der Waals surface area contributed by atoms with Crippen molar-refractivity contribution < 1.29 is 14.3 Å². The number of nitrogens with one attached hydrogen (secondary N) is 2. The third kappa shape index (κ3) is 5.27. The zero-order chi connectivity index (χ0) is 26.2. The van der Waals surface area contributed by atoms with Gasteiger partial charge in [-0.2, -0.15) is 10.4 Å². The van der Waals surface area contributed by atoms with Gasteiger partial charge in [-0.3, -0.25) is 14.8 Å². The number of carbonyl (C=O) groups excluding carboxylic acids is 1. The highest BCUT2D eigenvalue weighted by Crippen LogP contribution is 2.40. The molecule has 1 fully saturated rings. The Morgan fingerprint density at radius 1 is 1.24 bits per heavy atom. The zero-order valence-electron chi connectivity index (χ0n) is 20.4. The number of anilines is 2. The maximum atomic E-state index is 14.3. The first-order chi connectivity index (χ1) is 17.7. The molecule has 1 aliphatic rings. The van der Waals surface area contributed by atoms with E-state index in [1.165, 1.54) is 26.2 Å². The Labute approximate surface area is 213 Å². The van der Waals surface area contributed by atoms with Crippen LogP contribution in [0.1, 0.15) is 54.1 Å². The number of fused-ring (bicyclic) bond motifs is 1. The molecule has 0 saturated heterocycles. The van der Waals surface area contributed by atoms with Gasteiger partial charge in [0, 0.05) is 12.4 Å². The van der Waals surface area contributed by atoms with Crippen LogP contribution in [0.25, 0.3) is 16.9 Å². The SMILES string of the molecule is CC(C)(O)[C@H](F)CNC(=O)c1cnc(-c2ccc3cc(C#N)cnn23)cc1Nc1cncc(C2CC2)c1. The fourth-order valence-electron chi connectivity index (χ4n) is 3.98. The van der Waals surface area contributed by atoms with E-state index in [1.807, 2.05) is 24.4 Å². The Kier molecular flexibility index (Phi) is 6.31. The van der Waals surface area contributed by atoms with Gasteiger partial charge in [-0.05, 0) is 68.5 Å². The predicted octanol–water partition coefficient (Wildman–Crippen LogP) is 4.12. The lowest BCUT2D eigenvalue weighted by Gasteiger charge is -2.22. The molecule has 0 unspecified atom stereocenters. The van der Waals surface area contributed by atoms with E-state index >= 15 is 0 Å². The lowest BCUT2D eigenvalue weighted by Crippen LogP contribution is -2.42. The van der Waals surface area contributed by atoms with Crippen LogP contribution >= 0.6 is 0 Å². The highest BCUT2D eigenvalue weighted by atomic mass is 19.1. The van der Waals surface area contributed by atoms with E-state index in [-0.39, 0.29) is 12.1 Å². The Balaban J connectivity index is 1.50. The van der Waals surface area contributed by atoms with Crippen molar-refractivity contribution in [3.63, 3.8) is 0 Å². The molecule has 1 amide bonds. The van der Waals surface area contributed by atoms with E-state index in [1.54, 1.807) is 22.8 Å². The molecule has 0 spiro atoms. The second kappa shape index (κ2) is 9.59. The van der Waals surface area contributed by atoms with E-state index in [0.717, 1.165) is 23.9 Å². The van der Waals surface area contributed by atoms with Gasteiger partial charge in [-0.15, -0.1) is 0 Å². The summed E-state index contributed by atoms with van der Waals surface area (Å²) in [7, 11) is 0. The Morgan fingerprint density at radius 2 is 2.05 bits per heavy atom. The van der Waals surface area contributed by atoms with Crippen LogP contribution in [0.4, 0.5) is 15.8 Å². The van der Waals surface area contributed by atoms with E-state index < -0.39 is 17.7 Å². The number of nitriles is 1. The molecular weight excluding hydrogens is 473 g/mol. The average Bonchev–Trinajstić information content (AvgIpc) is 3.65. The number of hydrogen-bond donors (Lipinski definition) is 3. The van der Waals surface area contributed by atoms with E-state index in [9.17, 15) is 14.3 Å². The summed E-state index contributed by atoms with van der Waals surface area (Å²) in [5.74, 6) is -0.0265. The highest BCUT2D eigenvalue weighted by Gasteiger charge is 2.28. The number of halogens is 1. The van der Waals surface area contributed by atoms with Crippen molar-refractivity contribution in [3.05, 3.63) is 71.8 Å². The minimum absolute atomic E-state index is 0.212. The second-order valence-electron chi connectivity index (χ2n) is 9.76. The first-order valence-corrected chi connectivity index (χ1v) is 12.0. The molecule has 37 heavy (non-hydrogen) atoms. The molecule has 3 N–H and O–H groups in total. The molecule has 188 valence electrons. The van der Waals surface area contributed by atoms with Crippen molar-refractivity contribution in [2.24, 2.45) is 0 Å². The van der Waals surface area contributed by atoms with Crippen LogP contribution in [-0.4, -0.2) is 48.9 Å². The monoisotopic (exact) mass is 499 g/mol. The number of aliphatic hydroxyl groups is 1. The minimum atomic E-state index is -1.64. The lowest BCUT2D eigenvalue weighted by atomic mass is 10.0. The number of amides is 1. The van der Waals surface area contributed by atoms with Gasteiger partial charge in [-0.25, -0.2) is 8.91 Å². The molecule has 1 saturated carbocycles. The fourth-order valence-corrected chi connectivity index (χ4v) is 3.98. The molecule has 4 aromatic rings. The van der Waals surface area contributed by atoms with Gasteiger partial charge >= 0.3 is 0 Å².